The number of carbonyl (C=O) groups is 1. The summed E-state index contributed by atoms with van der Waals surface area (Å²) in [7, 11) is -3.29. The van der Waals surface area contributed by atoms with Crippen molar-refractivity contribution >= 4 is 26.6 Å². The van der Waals surface area contributed by atoms with E-state index in [1.54, 1.807) is 42.7 Å². The quantitative estimate of drug-likeness (QED) is 0.773. The van der Waals surface area contributed by atoms with Crippen LogP contribution in [0.25, 0.3) is 10.9 Å². The van der Waals surface area contributed by atoms with Crippen molar-refractivity contribution in [2.75, 3.05) is 6.26 Å². The van der Waals surface area contributed by atoms with Gasteiger partial charge in [0.25, 0.3) is 5.91 Å². The van der Waals surface area contributed by atoms with Gasteiger partial charge in [0, 0.05) is 35.5 Å². The largest absolute Gasteiger partial charge is 0.364 e. The monoisotopic (exact) mass is 355 g/mol. The number of sulfone groups is 1. The first kappa shape index (κ1) is 17.0. The molecule has 2 heterocycles. The third-order valence-corrected chi connectivity index (χ3v) is 5.24. The lowest BCUT2D eigenvalue weighted by Crippen LogP contribution is -2.13. The van der Waals surface area contributed by atoms with Crippen LogP contribution in [0.2, 0.25) is 0 Å². The van der Waals surface area contributed by atoms with E-state index in [1.165, 1.54) is 6.26 Å². The van der Waals surface area contributed by atoms with Crippen molar-refractivity contribution in [1.82, 2.24) is 9.97 Å². The van der Waals surface area contributed by atoms with Gasteiger partial charge in [-0.3, -0.25) is 9.78 Å². The molecule has 3 rings (SSSR count). The molecule has 0 fully saturated rings. The highest BCUT2D eigenvalue weighted by Crippen LogP contribution is 2.30. The first-order chi connectivity index (χ1) is 11.8. The van der Waals surface area contributed by atoms with Crippen molar-refractivity contribution in [3.05, 3.63) is 65.6 Å². The number of carbonyl (C=O) groups excluding carboxylic acids is 1. The summed E-state index contributed by atoms with van der Waals surface area (Å²) in [4.78, 5) is 20.3. The Hall–Kier alpha value is -2.80. The minimum absolute atomic E-state index is 0.159. The van der Waals surface area contributed by atoms with E-state index in [0.29, 0.717) is 5.52 Å². The maximum atomic E-state index is 11.8. The van der Waals surface area contributed by atoms with Gasteiger partial charge in [-0.1, -0.05) is 19.1 Å². The van der Waals surface area contributed by atoms with Crippen molar-refractivity contribution in [1.29, 1.82) is 0 Å². The van der Waals surface area contributed by atoms with Crippen LogP contribution in [0.1, 0.15) is 34.5 Å². The summed E-state index contributed by atoms with van der Waals surface area (Å²) in [6.45, 7) is 1.94. The molecule has 1 atom stereocenters. The highest BCUT2D eigenvalue weighted by Gasteiger charge is 2.17. The number of primary amides is 1. The van der Waals surface area contributed by atoms with E-state index in [1.807, 2.05) is 13.0 Å². The summed E-state index contributed by atoms with van der Waals surface area (Å²) in [5, 5.41) is 0.786. The van der Waals surface area contributed by atoms with Gasteiger partial charge < -0.3 is 5.73 Å². The minimum atomic E-state index is -3.29. The minimum Gasteiger partial charge on any atom is -0.364 e. The fourth-order valence-corrected chi connectivity index (χ4v) is 3.39. The predicted molar refractivity (Wildman–Crippen MR) is 95.1 cm³/mol. The second-order valence-corrected chi connectivity index (χ2v) is 7.94. The van der Waals surface area contributed by atoms with E-state index in [0.717, 1.165) is 16.5 Å². The molecule has 2 N–H and O–H groups in total. The molecule has 25 heavy (non-hydrogen) atoms. The first-order valence-electron chi connectivity index (χ1n) is 7.62. The number of nitrogens with zero attached hydrogens (tertiary/aromatic N) is 2. The van der Waals surface area contributed by atoms with E-state index in [2.05, 4.69) is 9.97 Å². The zero-order valence-corrected chi connectivity index (χ0v) is 14.6. The van der Waals surface area contributed by atoms with Crippen LogP contribution in [-0.4, -0.2) is 30.5 Å². The molecule has 2 aromatic heterocycles. The number of rotatable bonds is 4. The summed E-state index contributed by atoms with van der Waals surface area (Å²) in [5.41, 5.74) is 7.75. The molecule has 0 aliphatic heterocycles. The third-order valence-electron chi connectivity index (χ3n) is 4.13. The number of pyridine rings is 2. The number of fused-ring (bicyclic) bond motifs is 1. The zero-order chi connectivity index (χ0) is 18.2. The van der Waals surface area contributed by atoms with Crippen molar-refractivity contribution in [2.24, 2.45) is 5.73 Å². The van der Waals surface area contributed by atoms with Crippen molar-refractivity contribution < 1.29 is 13.2 Å². The second kappa shape index (κ2) is 6.25. The van der Waals surface area contributed by atoms with Gasteiger partial charge in [-0.15, -0.1) is 0 Å². The Morgan fingerprint density at radius 1 is 1.16 bits per heavy atom. The number of aromatic nitrogens is 2. The van der Waals surface area contributed by atoms with Gasteiger partial charge in [-0.05, 0) is 29.8 Å². The maximum Gasteiger partial charge on any atom is 0.267 e. The lowest BCUT2D eigenvalue weighted by molar-refractivity contribution is 0.0996. The number of amides is 1. The highest BCUT2D eigenvalue weighted by molar-refractivity contribution is 7.90. The summed E-state index contributed by atoms with van der Waals surface area (Å²) in [6, 6.07) is 10.1. The van der Waals surface area contributed by atoms with Crippen LogP contribution in [-0.2, 0) is 9.84 Å². The van der Waals surface area contributed by atoms with E-state index in [4.69, 9.17) is 5.73 Å². The summed E-state index contributed by atoms with van der Waals surface area (Å²) in [5.74, 6) is -0.759. The van der Waals surface area contributed by atoms with Crippen LogP contribution in [0.3, 0.4) is 0 Å². The summed E-state index contributed by atoms with van der Waals surface area (Å²) < 4.78 is 23.6. The molecule has 0 saturated carbocycles. The van der Waals surface area contributed by atoms with Crippen LogP contribution in [0.15, 0.2) is 53.7 Å². The van der Waals surface area contributed by atoms with Gasteiger partial charge in [0.1, 0.15) is 5.69 Å². The smallest absolute Gasteiger partial charge is 0.267 e. The van der Waals surface area contributed by atoms with E-state index < -0.39 is 15.7 Å². The van der Waals surface area contributed by atoms with Crippen LogP contribution < -0.4 is 5.73 Å². The van der Waals surface area contributed by atoms with Crippen molar-refractivity contribution in [3.8, 4) is 0 Å². The Balaban J connectivity index is 2.16. The molecule has 0 spiro atoms. The molecule has 3 aromatic rings. The number of benzene rings is 1. The van der Waals surface area contributed by atoms with Gasteiger partial charge >= 0.3 is 0 Å². The summed E-state index contributed by atoms with van der Waals surface area (Å²) >= 11 is 0. The molecule has 1 amide bonds. The zero-order valence-electron chi connectivity index (χ0n) is 13.8. The molecule has 128 valence electrons. The van der Waals surface area contributed by atoms with Crippen molar-refractivity contribution in [3.63, 3.8) is 0 Å². The van der Waals surface area contributed by atoms with E-state index in [9.17, 15) is 13.2 Å². The Bertz CT molecular complexity index is 1080. The Morgan fingerprint density at radius 3 is 2.60 bits per heavy atom. The van der Waals surface area contributed by atoms with Gasteiger partial charge in [0.15, 0.2) is 9.84 Å². The topological polar surface area (TPSA) is 103 Å². The van der Waals surface area contributed by atoms with Gasteiger partial charge in [-0.25, -0.2) is 13.4 Å². The van der Waals surface area contributed by atoms with Crippen LogP contribution in [0, 0.1) is 0 Å². The number of nitrogens with two attached hydrogens (primary N) is 1. The van der Waals surface area contributed by atoms with Crippen LogP contribution in [0.5, 0.6) is 0 Å². The molecule has 6 nitrogen and oxygen atoms in total. The van der Waals surface area contributed by atoms with Crippen LogP contribution >= 0.6 is 0 Å². The highest BCUT2D eigenvalue weighted by atomic mass is 32.2. The lowest BCUT2D eigenvalue weighted by atomic mass is 9.93. The average molecular weight is 355 g/mol. The van der Waals surface area contributed by atoms with E-state index in [-0.39, 0.29) is 16.5 Å². The molecule has 0 aliphatic carbocycles. The molecular formula is C18H17N3O3S. The van der Waals surface area contributed by atoms with Gasteiger partial charge in [-0.2, -0.15) is 0 Å². The van der Waals surface area contributed by atoms with Crippen LogP contribution in [0.4, 0.5) is 0 Å². The average Bonchev–Trinajstić information content (AvgIpc) is 2.59. The fraction of sp³-hybridized carbons (Fsp3) is 0.167. The van der Waals surface area contributed by atoms with Crippen molar-refractivity contribution in [2.45, 2.75) is 17.7 Å². The molecule has 0 radical (unpaired) electrons. The molecule has 1 unspecified atom stereocenters. The Labute approximate surface area is 145 Å². The molecule has 0 bridgehead atoms. The van der Waals surface area contributed by atoms with Gasteiger partial charge in [0.2, 0.25) is 0 Å². The first-order valence-corrected chi connectivity index (χ1v) is 9.51. The maximum absolute atomic E-state index is 11.8. The Morgan fingerprint density at radius 2 is 1.92 bits per heavy atom. The normalized spacial score (nSPS) is 12.9. The molecule has 1 aromatic carbocycles. The molecule has 7 heteroatoms. The predicted octanol–water partition coefficient (Wildman–Crippen LogP) is 2.28. The number of hydrogen-bond acceptors (Lipinski definition) is 5. The molecular weight excluding hydrogens is 338 g/mol. The van der Waals surface area contributed by atoms with Gasteiger partial charge in [0.05, 0.1) is 10.4 Å². The lowest BCUT2D eigenvalue weighted by Gasteiger charge is -2.15. The SMILES string of the molecule is CC(c1cccc(S(C)(=O)=O)c1)c1cncc2ccc(C(N)=O)nc12. The molecule has 0 aliphatic rings. The molecule has 0 saturated heterocycles. The standard InChI is InChI=1S/C18H17N3O3S/c1-11(12-4-3-5-14(8-12)25(2,23)24)15-10-20-9-13-6-7-16(18(19)22)21-17(13)15/h3-11H,1-2H3,(H2,19,22). The van der Waals surface area contributed by atoms with E-state index >= 15 is 0 Å². The fourth-order valence-electron chi connectivity index (χ4n) is 2.71. The summed E-state index contributed by atoms with van der Waals surface area (Å²) in [6.07, 6.45) is 4.52. The Kier molecular flexibility index (Phi) is 4.26. The second-order valence-electron chi connectivity index (χ2n) is 5.93. The third kappa shape index (κ3) is 3.36. The number of hydrogen-bond donors (Lipinski definition) is 1.